The van der Waals surface area contributed by atoms with Crippen LogP contribution >= 0.6 is 34.3 Å². The topological polar surface area (TPSA) is 71.1 Å². The summed E-state index contributed by atoms with van der Waals surface area (Å²) in [7, 11) is 0. The van der Waals surface area contributed by atoms with Crippen molar-refractivity contribution in [2.75, 3.05) is 10.6 Å². The van der Waals surface area contributed by atoms with Crippen molar-refractivity contribution in [3.05, 3.63) is 62.2 Å². The molecule has 0 aliphatic rings. The minimum atomic E-state index is -0.216. The molecule has 2 amide bonds. The third-order valence-corrected chi connectivity index (χ3v) is 5.25. The fraction of sp³-hybridized carbons (Fsp3) is 0.118. The largest absolute Gasteiger partial charge is 0.324 e. The molecule has 0 fully saturated rings. The SMILES string of the molecule is Cc1ccc(NC(=O)Cc2csc(NC(=O)c3cccs3)n2)c(Cl)c1. The number of thiophene rings is 1. The van der Waals surface area contributed by atoms with Gasteiger partial charge in [0.1, 0.15) is 0 Å². The molecular weight excluding hydrogens is 378 g/mol. The molecule has 2 aromatic heterocycles. The van der Waals surface area contributed by atoms with E-state index < -0.39 is 0 Å². The first-order chi connectivity index (χ1) is 12.0. The van der Waals surface area contributed by atoms with E-state index in [1.807, 2.05) is 24.4 Å². The number of anilines is 2. The summed E-state index contributed by atoms with van der Waals surface area (Å²) in [4.78, 5) is 29.0. The van der Waals surface area contributed by atoms with E-state index in [-0.39, 0.29) is 18.2 Å². The van der Waals surface area contributed by atoms with E-state index in [9.17, 15) is 9.59 Å². The van der Waals surface area contributed by atoms with Crippen LogP contribution in [0, 0.1) is 6.92 Å². The summed E-state index contributed by atoms with van der Waals surface area (Å²) < 4.78 is 0. The highest BCUT2D eigenvalue weighted by molar-refractivity contribution is 7.14. The summed E-state index contributed by atoms with van der Waals surface area (Å²) in [5.74, 6) is -0.418. The first kappa shape index (κ1) is 17.6. The lowest BCUT2D eigenvalue weighted by Crippen LogP contribution is -2.15. The molecule has 0 aliphatic carbocycles. The number of benzene rings is 1. The molecular formula is C17H14ClN3O2S2. The molecule has 5 nitrogen and oxygen atoms in total. The van der Waals surface area contributed by atoms with Crippen LogP contribution < -0.4 is 10.6 Å². The monoisotopic (exact) mass is 391 g/mol. The predicted octanol–water partition coefficient (Wildman–Crippen LogP) is 4.60. The Morgan fingerprint density at radius 2 is 2.04 bits per heavy atom. The molecule has 0 saturated heterocycles. The second-order valence-corrected chi connectivity index (χ2v) is 7.50. The molecule has 2 heterocycles. The Kier molecular flexibility index (Phi) is 5.47. The molecule has 0 unspecified atom stereocenters. The second kappa shape index (κ2) is 7.77. The first-order valence-electron chi connectivity index (χ1n) is 7.36. The average Bonchev–Trinajstić information content (AvgIpc) is 3.22. The zero-order valence-electron chi connectivity index (χ0n) is 13.2. The molecule has 2 N–H and O–H groups in total. The number of nitrogens with one attached hydrogen (secondary N) is 2. The quantitative estimate of drug-likeness (QED) is 0.667. The Balaban J connectivity index is 1.59. The van der Waals surface area contributed by atoms with Gasteiger partial charge in [-0.3, -0.25) is 14.9 Å². The van der Waals surface area contributed by atoms with E-state index >= 15 is 0 Å². The van der Waals surface area contributed by atoms with Gasteiger partial charge in [0, 0.05) is 5.38 Å². The Bertz CT molecular complexity index is 907. The number of thiazole rings is 1. The predicted molar refractivity (Wildman–Crippen MR) is 103 cm³/mol. The van der Waals surface area contributed by atoms with Gasteiger partial charge in [-0.15, -0.1) is 22.7 Å². The van der Waals surface area contributed by atoms with Gasteiger partial charge < -0.3 is 5.32 Å². The van der Waals surface area contributed by atoms with Crippen LogP contribution in [0.1, 0.15) is 20.9 Å². The lowest BCUT2D eigenvalue weighted by atomic mass is 10.2. The lowest BCUT2D eigenvalue weighted by Gasteiger charge is -2.07. The molecule has 0 radical (unpaired) electrons. The van der Waals surface area contributed by atoms with Crippen molar-refractivity contribution in [2.24, 2.45) is 0 Å². The van der Waals surface area contributed by atoms with Gasteiger partial charge in [0.05, 0.1) is 27.7 Å². The van der Waals surface area contributed by atoms with E-state index in [0.717, 1.165) is 5.56 Å². The molecule has 25 heavy (non-hydrogen) atoms. The van der Waals surface area contributed by atoms with Gasteiger partial charge in [-0.1, -0.05) is 23.7 Å². The summed E-state index contributed by atoms with van der Waals surface area (Å²) in [6.45, 7) is 1.93. The Hall–Kier alpha value is -2.22. The molecule has 3 rings (SSSR count). The fourth-order valence-corrected chi connectivity index (χ4v) is 3.70. The molecule has 0 atom stereocenters. The summed E-state index contributed by atoms with van der Waals surface area (Å²) in [5.41, 5.74) is 2.18. The fourth-order valence-electron chi connectivity index (χ4n) is 2.09. The Morgan fingerprint density at radius 3 is 2.76 bits per heavy atom. The van der Waals surface area contributed by atoms with Gasteiger partial charge in [-0.25, -0.2) is 4.98 Å². The summed E-state index contributed by atoms with van der Waals surface area (Å²) in [6.07, 6.45) is 0.107. The number of hydrogen-bond acceptors (Lipinski definition) is 5. The molecule has 0 saturated carbocycles. The number of aromatic nitrogens is 1. The van der Waals surface area contributed by atoms with Gasteiger partial charge >= 0.3 is 0 Å². The Morgan fingerprint density at radius 1 is 1.20 bits per heavy atom. The summed E-state index contributed by atoms with van der Waals surface area (Å²) in [5, 5.41) is 10.0. The summed E-state index contributed by atoms with van der Waals surface area (Å²) >= 11 is 8.76. The highest BCUT2D eigenvalue weighted by atomic mass is 35.5. The van der Waals surface area contributed by atoms with Crippen LogP contribution in [0.25, 0.3) is 0 Å². The highest BCUT2D eigenvalue weighted by Crippen LogP contribution is 2.23. The number of aryl methyl sites for hydroxylation is 1. The first-order valence-corrected chi connectivity index (χ1v) is 9.50. The van der Waals surface area contributed by atoms with Crippen molar-refractivity contribution in [2.45, 2.75) is 13.3 Å². The number of hydrogen-bond donors (Lipinski definition) is 2. The third kappa shape index (κ3) is 4.66. The smallest absolute Gasteiger partial charge is 0.267 e. The normalized spacial score (nSPS) is 10.5. The van der Waals surface area contributed by atoms with Crippen LogP contribution in [0.15, 0.2) is 41.1 Å². The van der Waals surface area contributed by atoms with Crippen molar-refractivity contribution in [1.29, 1.82) is 0 Å². The van der Waals surface area contributed by atoms with Gasteiger partial charge in [-0.2, -0.15) is 0 Å². The van der Waals surface area contributed by atoms with Gasteiger partial charge in [-0.05, 0) is 36.1 Å². The minimum Gasteiger partial charge on any atom is -0.324 e. The third-order valence-electron chi connectivity index (χ3n) is 3.26. The number of carbonyl (C=O) groups excluding carboxylic acids is 2. The number of rotatable bonds is 5. The summed E-state index contributed by atoms with van der Waals surface area (Å²) in [6, 6.07) is 8.99. The van der Waals surface area contributed by atoms with Crippen LogP contribution in [0.4, 0.5) is 10.8 Å². The highest BCUT2D eigenvalue weighted by Gasteiger charge is 2.12. The van der Waals surface area contributed by atoms with Crippen LogP contribution in [0.3, 0.4) is 0 Å². The molecule has 1 aromatic carbocycles. The van der Waals surface area contributed by atoms with Gasteiger partial charge in [0.15, 0.2) is 5.13 Å². The van der Waals surface area contributed by atoms with Crippen molar-refractivity contribution in [3.63, 3.8) is 0 Å². The van der Waals surface area contributed by atoms with Crippen molar-refractivity contribution >= 4 is 56.9 Å². The van der Waals surface area contributed by atoms with Crippen LogP contribution in [0.2, 0.25) is 5.02 Å². The maximum atomic E-state index is 12.1. The second-order valence-electron chi connectivity index (χ2n) is 5.28. The van der Waals surface area contributed by atoms with Crippen molar-refractivity contribution in [1.82, 2.24) is 4.98 Å². The molecule has 3 aromatic rings. The zero-order chi connectivity index (χ0) is 17.8. The molecule has 0 aliphatic heterocycles. The maximum Gasteiger partial charge on any atom is 0.267 e. The molecule has 128 valence electrons. The Labute approximate surface area is 157 Å². The lowest BCUT2D eigenvalue weighted by molar-refractivity contribution is -0.115. The molecule has 0 bridgehead atoms. The maximum absolute atomic E-state index is 12.1. The van der Waals surface area contributed by atoms with Crippen LogP contribution in [0.5, 0.6) is 0 Å². The number of carbonyl (C=O) groups is 2. The van der Waals surface area contributed by atoms with E-state index in [2.05, 4.69) is 15.6 Å². The van der Waals surface area contributed by atoms with E-state index in [0.29, 0.717) is 26.4 Å². The van der Waals surface area contributed by atoms with Gasteiger partial charge in [0.2, 0.25) is 5.91 Å². The number of nitrogens with zero attached hydrogens (tertiary/aromatic N) is 1. The number of amides is 2. The van der Waals surface area contributed by atoms with Crippen molar-refractivity contribution in [3.8, 4) is 0 Å². The molecule has 8 heteroatoms. The van der Waals surface area contributed by atoms with E-state index in [1.54, 1.807) is 23.6 Å². The average molecular weight is 392 g/mol. The van der Waals surface area contributed by atoms with E-state index in [4.69, 9.17) is 11.6 Å². The zero-order valence-corrected chi connectivity index (χ0v) is 15.6. The van der Waals surface area contributed by atoms with Crippen molar-refractivity contribution < 1.29 is 9.59 Å². The number of halogens is 1. The standard InChI is InChI=1S/C17H14ClN3O2S2/c1-10-4-5-13(12(18)7-10)20-15(22)8-11-9-25-17(19-11)21-16(23)14-3-2-6-24-14/h2-7,9H,8H2,1H3,(H,20,22)(H,19,21,23). The molecule has 0 spiro atoms. The van der Waals surface area contributed by atoms with E-state index in [1.165, 1.54) is 22.7 Å². The van der Waals surface area contributed by atoms with Crippen LogP contribution in [-0.2, 0) is 11.2 Å². The van der Waals surface area contributed by atoms with Crippen LogP contribution in [-0.4, -0.2) is 16.8 Å². The minimum absolute atomic E-state index is 0.107. The van der Waals surface area contributed by atoms with Gasteiger partial charge in [0.25, 0.3) is 5.91 Å².